The van der Waals surface area contributed by atoms with Crippen LogP contribution in [-0.2, 0) is 0 Å². The smallest absolute Gasteiger partial charge is 0.287 e. The van der Waals surface area contributed by atoms with Gasteiger partial charge in [-0.3, -0.25) is 4.79 Å². The van der Waals surface area contributed by atoms with Gasteiger partial charge in [0.05, 0.1) is 0 Å². The highest BCUT2D eigenvalue weighted by Crippen LogP contribution is 2.24. The van der Waals surface area contributed by atoms with Crippen LogP contribution in [0.5, 0.6) is 0 Å². The van der Waals surface area contributed by atoms with Gasteiger partial charge in [-0.15, -0.1) is 0 Å². The molecule has 0 spiro atoms. The Bertz CT molecular complexity index is 651. The van der Waals surface area contributed by atoms with Crippen LogP contribution in [0.4, 0.5) is 5.69 Å². The van der Waals surface area contributed by atoms with Gasteiger partial charge >= 0.3 is 0 Å². The van der Waals surface area contributed by atoms with Crippen LogP contribution in [0.2, 0.25) is 5.02 Å². The number of carbonyl (C=O) groups is 1. The number of hydrogen-bond donors (Lipinski definition) is 1. The first-order valence-corrected chi connectivity index (χ1v) is 7.85. The molecular formula is C17H19ClN2O2. The fraction of sp³-hybridized carbons (Fsp3) is 0.353. The number of aryl methyl sites for hydroxylation is 1. The monoisotopic (exact) mass is 318 g/mol. The van der Waals surface area contributed by atoms with E-state index in [0.29, 0.717) is 18.2 Å². The molecule has 1 aliphatic rings. The molecule has 22 heavy (non-hydrogen) atoms. The average molecular weight is 319 g/mol. The van der Waals surface area contributed by atoms with E-state index in [2.05, 4.69) is 10.2 Å². The minimum Gasteiger partial charge on any atom is -0.456 e. The van der Waals surface area contributed by atoms with E-state index in [-0.39, 0.29) is 5.91 Å². The molecule has 2 aromatic rings. The minimum absolute atomic E-state index is 0.141. The normalized spacial score (nSPS) is 17.7. The van der Waals surface area contributed by atoms with Crippen LogP contribution in [0, 0.1) is 12.8 Å². The highest BCUT2D eigenvalue weighted by atomic mass is 35.5. The van der Waals surface area contributed by atoms with E-state index in [1.165, 1.54) is 5.69 Å². The van der Waals surface area contributed by atoms with Gasteiger partial charge in [-0.25, -0.2) is 0 Å². The number of halogens is 1. The molecule has 1 amide bonds. The number of nitrogens with zero attached hydrogens (tertiary/aromatic N) is 1. The van der Waals surface area contributed by atoms with Crippen LogP contribution < -0.4 is 10.2 Å². The van der Waals surface area contributed by atoms with Crippen molar-refractivity contribution in [1.82, 2.24) is 5.32 Å². The summed E-state index contributed by atoms with van der Waals surface area (Å²) in [6.07, 6.45) is 1.07. The summed E-state index contributed by atoms with van der Waals surface area (Å²) in [4.78, 5) is 14.3. The fourth-order valence-corrected chi connectivity index (χ4v) is 2.89. The molecule has 1 N–H and O–H groups in total. The Hall–Kier alpha value is -1.94. The van der Waals surface area contributed by atoms with Crippen molar-refractivity contribution in [3.63, 3.8) is 0 Å². The molecule has 4 nitrogen and oxygen atoms in total. The number of rotatable bonds is 4. The van der Waals surface area contributed by atoms with Crippen LogP contribution >= 0.6 is 11.6 Å². The molecule has 5 heteroatoms. The molecular weight excluding hydrogens is 300 g/mol. The molecule has 2 heterocycles. The van der Waals surface area contributed by atoms with Crippen LogP contribution in [-0.4, -0.2) is 25.5 Å². The largest absolute Gasteiger partial charge is 0.456 e. The van der Waals surface area contributed by atoms with Gasteiger partial charge in [0.2, 0.25) is 0 Å². The van der Waals surface area contributed by atoms with E-state index < -0.39 is 0 Å². The lowest BCUT2D eigenvalue weighted by molar-refractivity contribution is 0.0919. The van der Waals surface area contributed by atoms with Crippen molar-refractivity contribution in [1.29, 1.82) is 0 Å². The van der Waals surface area contributed by atoms with Crippen molar-refractivity contribution >= 4 is 23.2 Å². The maximum Gasteiger partial charge on any atom is 0.287 e. The summed E-state index contributed by atoms with van der Waals surface area (Å²) >= 11 is 5.92. The number of anilines is 1. The molecule has 1 aromatic carbocycles. The number of furan rings is 1. The van der Waals surface area contributed by atoms with Crippen LogP contribution in [0.15, 0.2) is 40.8 Å². The van der Waals surface area contributed by atoms with Crippen LogP contribution in [0.25, 0.3) is 0 Å². The lowest BCUT2D eigenvalue weighted by atomic mass is 10.1. The zero-order valence-electron chi connectivity index (χ0n) is 12.5. The Labute approximate surface area is 135 Å². The zero-order chi connectivity index (χ0) is 15.5. The summed E-state index contributed by atoms with van der Waals surface area (Å²) in [5, 5.41) is 3.71. The van der Waals surface area contributed by atoms with Crippen molar-refractivity contribution < 1.29 is 9.21 Å². The second-order valence-corrected chi connectivity index (χ2v) is 6.13. The molecule has 1 fully saturated rings. The van der Waals surface area contributed by atoms with Gasteiger partial charge < -0.3 is 14.6 Å². The SMILES string of the molecule is Cc1ccc(C(=O)NCC2CCN(c3ccc(Cl)cc3)C2)o1. The maximum atomic E-state index is 12.0. The van der Waals surface area contributed by atoms with E-state index in [1.54, 1.807) is 12.1 Å². The summed E-state index contributed by atoms with van der Waals surface area (Å²) < 4.78 is 5.33. The predicted molar refractivity (Wildman–Crippen MR) is 87.6 cm³/mol. The number of hydrogen-bond acceptors (Lipinski definition) is 3. The average Bonchev–Trinajstić information content (AvgIpc) is 3.15. The second-order valence-electron chi connectivity index (χ2n) is 5.70. The summed E-state index contributed by atoms with van der Waals surface area (Å²) in [6, 6.07) is 11.4. The van der Waals surface area contributed by atoms with E-state index in [4.69, 9.17) is 16.0 Å². The molecule has 0 aliphatic carbocycles. The van der Waals surface area contributed by atoms with Gasteiger partial charge in [-0.2, -0.15) is 0 Å². The highest BCUT2D eigenvalue weighted by molar-refractivity contribution is 6.30. The van der Waals surface area contributed by atoms with Gasteiger partial charge in [-0.05, 0) is 55.7 Å². The molecule has 0 saturated carbocycles. The van der Waals surface area contributed by atoms with Crippen LogP contribution in [0.1, 0.15) is 22.7 Å². The predicted octanol–water partition coefficient (Wildman–Crippen LogP) is 3.50. The van der Waals surface area contributed by atoms with Crippen molar-refractivity contribution in [3.05, 3.63) is 52.9 Å². The number of carbonyl (C=O) groups excluding carboxylic acids is 1. The third-order valence-electron chi connectivity index (χ3n) is 3.99. The van der Waals surface area contributed by atoms with E-state index >= 15 is 0 Å². The van der Waals surface area contributed by atoms with E-state index in [9.17, 15) is 4.79 Å². The summed E-state index contributed by atoms with van der Waals surface area (Å²) in [6.45, 7) is 4.45. The van der Waals surface area contributed by atoms with Gasteiger partial charge in [0, 0.05) is 30.3 Å². The molecule has 0 bridgehead atoms. The Morgan fingerprint density at radius 2 is 2.09 bits per heavy atom. The molecule has 1 atom stereocenters. The Morgan fingerprint density at radius 1 is 1.32 bits per heavy atom. The standard InChI is InChI=1S/C17H19ClN2O2/c1-12-2-7-16(22-12)17(21)19-10-13-8-9-20(11-13)15-5-3-14(18)4-6-15/h2-7,13H,8-11H2,1H3,(H,19,21). The van der Waals surface area contributed by atoms with Gasteiger partial charge in [-0.1, -0.05) is 11.6 Å². The quantitative estimate of drug-likeness (QED) is 0.938. The number of benzene rings is 1. The van der Waals surface area contributed by atoms with Crippen LogP contribution in [0.3, 0.4) is 0 Å². The summed E-state index contributed by atoms with van der Waals surface area (Å²) in [5.41, 5.74) is 1.18. The first-order chi connectivity index (χ1) is 10.6. The van der Waals surface area contributed by atoms with Crippen molar-refractivity contribution in [2.45, 2.75) is 13.3 Å². The summed E-state index contributed by atoms with van der Waals surface area (Å²) in [7, 11) is 0. The zero-order valence-corrected chi connectivity index (χ0v) is 13.3. The fourth-order valence-electron chi connectivity index (χ4n) is 2.77. The first-order valence-electron chi connectivity index (χ1n) is 7.47. The van der Waals surface area contributed by atoms with Crippen molar-refractivity contribution in [2.75, 3.05) is 24.5 Å². The molecule has 1 aromatic heterocycles. The Kier molecular flexibility index (Phi) is 4.39. The number of amides is 1. The lowest BCUT2D eigenvalue weighted by Crippen LogP contribution is -2.30. The molecule has 1 unspecified atom stereocenters. The lowest BCUT2D eigenvalue weighted by Gasteiger charge is -2.18. The molecule has 3 rings (SSSR count). The van der Waals surface area contributed by atoms with Gasteiger partial charge in [0.1, 0.15) is 5.76 Å². The second kappa shape index (κ2) is 6.44. The van der Waals surface area contributed by atoms with Gasteiger partial charge in [0.15, 0.2) is 5.76 Å². The minimum atomic E-state index is -0.141. The third-order valence-corrected chi connectivity index (χ3v) is 4.25. The van der Waals surface area contributed by atoms with Crippen molar-refractivity contribution in [3.8, 4) is 0 Å². The Balaban J connectivity index is 1.51. The van der Waals surface area contributed by atoms with E-state index in [0.717, 1.165) is 30.3 Å². The number of nitrogens with one attached hydrogen (secondary N) is 1. The Morgan fingerprint density at radius 3 is 2.77 bits per heavy atom. The topological polar surface area (TPSA) is 45.5 Å². The molecule has 116 valence electrons. The first kappa shape index (κ1) is 15.0. The molecule has 1 saturated heterocycles. The van der Waals surface area contributed by atoms with Crippen molar-refractivity contribution in [2.24, 2.45) is 5.92 Å². The molecule has 0 radical (unpaired) electrons. The molecule has 1 aliphatic heterocycles. The summed E-state index contributed by atoms with van der Waals surface area (Å²) in [5.74, 6) is 1.44. The third kappa shape index (κ3) is 3.45. The van der Waals surface area contributed by atoms with E-state index in [1.807, 2.05) is 31.2 Å². The highest BCUT2D eigenvalue weighted by Gasteiger charge is 2.23. The van der Waals surface area contributed by atoms with Gasteiger partial charge in [0.25, 0.3) is 5.91 Å². The maximum absolute atomic E-state index is 12.0.